The molecule has 0 radical (unpaired) electrons. The Morgan fingerprint density at radius 3 is 3.19 bits per heavy atom. The molecule has 1 aliphatic heterocycles. The first-order chi connectivity index (χ1) is 12.6. The molecular weight excluding hydrogens is 422 g/mol. The van der Waals surface area contributed by atoms with E-state index in [1.54, 1.807) is 18.0 Å². The zero-order chi connectivity index (χ0) is 18.1. The highest BCUT2D eigenvalue weighted by Gasteiger charge is 2.19. The molecule has 1 unspecified atom stereocenters. The van der Waals surface area contributed by atoms with E-state index in [0.717, 1.165) is 28.6 Å². The summed E-state index contributed by atoms with van der Waals surface area (Å²) >= 11 is 4.86. The molecule has 0 spiro atoms. The first-order valence-corrected chi connectivity index (χ1v) is 9.71. The predicted octanol–water partition coefficient (Wildman–Crippen LogP) is 3.09. The molecule has 0 saturated carbocycles. The number of thiazole rings is 1. The summed E-state index contributed by atoms with van der Waals surface area (Å²) < 4.78 is 14.3. The molecule has 1 fully saturated rings. The van der Waals surface area contributed by atoms with Gasteiger partial charge >= 0.3 is 0 Å². The van der Waals surface area contributed by atoms with E-state index in [9.17, 15) is 4.79 Å². The molecule has 1 saturated heterocycles. The van der Waals surface area contributed by atoms with E-state index in [0.29, 0.717) is 22.9 Å². The molecule has 26 heavy (non-hydrogen) atoms. The van der Waals surface area contributed by atoms with Crippen LogP contribution in [-0.2, 0) is 11.3 Å². The van der Waals surface area contributed by atoms with E-state index in [1.165, 1.54) is 11.3 Å². The second kappa shape index (κ2) is 7.29. The van der Waals surface area contributed by atoms with Gasteiger partial charge in [-0.3, -0.25) is 10.1 Å². The lowest BCUT2D eigenvalue weighted by molar-refractivity contribution is 0.0934. The van der Waals surface area contributed by atoms with Gasteiger partial charge in [0.25, 0.3) is 5.91 Å². The summed E-state index contributed by atoms with van der Waals surface area (Å²) in [6, 6.07) is 3.72. The number of amides is 1. The molecule has 2 aromatic heterocycles. The Morgan fingerprint density at radius 2 is 2.42 bits per heavy atom. The first-order valence-electron chi connectivity index (χ1n) is 8.10. The molecule has 1 N–H and O–H groups in total. The third-order valence-electron chi connectivity index (χ3n) is 4.08. The van der Waals surface area contributed by atoms with E-state index >= 15 is 0 Å². The number of fused-ring (bicyclic) bond motifs is 1. The van der Waals surface area contributed by atoms with Crippen molar-refractivity contribution < 1.29 is 14.3 Å². The van der Waals surface area contributed by atoms with E-state index in [4.69, 9.17) is 9.47 Å². The molecule has 1 amide bonds. The highest BCUT2D eigenvalue weighted by molar-refractivity contribution is 9.10. The molecule has 0 aliphatic carbocycles. The second-order valence-corrected chi connectivity index (χ2v) is 7.71. The smallest absolute Gasteiger partial charge is 0.279 e. The summed E-state index contributed by atoms with van der Waals surface area (Å²) in [4.78, 5) is 16.9. The summed E-state index contributed by atoms with van der Waals surface area (Å²) in [5.41, 5.74) is 0.942. The normalized spacial score (nSPS) is 16.9. The van der Waals surface area contributed by atoms with Gasteiger partial charge in [-0.15, -0.1) is 5.10 Å². The number of hydrogen-bond acceptors (Lipinski definition) is 7. The van der Waals surface area contributed by atoms with E-state index in [1.807, 2.05) is 12.1 Å². The number of benzene rings is 1. The predicted molar refractivity (Wildman–Crippen MR) is 101 cm³/mol. The summed E-state index contributed by atoms with van der Waals surface area (Å²) in [6.07, 6.45) is 3.83. The van der Waals surface area contributed by atoms with E-state index in [-0.39, 0.29) is 17.7 Å². The van der Waals surface area contributed by atoms with Gasteiger partial charge in [0.2, 0.25) is 0 Å². The van der Waals surface area contributed by atoms with Crippen molar-refractivity contribution in [3.8, 4) is 5.75 Å². The van der Waals surface area contributed by atoms with Gasteiger partial charge in [0, 0.05) is 11.1 Å². The molecular formula is C16H16BrN5O3S. The lowest BCUT2D eigenvalue weighted by atomic mass is 10.2. The summed E-state index contributed by atoms with van der Waals surface area (Å²) in [7, 11) is 1.59. The third kappa shape index (κ3) is 3.44. The van der Waals surface area contributed by atoms with Crippen LogP contribution in [0.25, 0.3) is 10.2 Å². The van der Waals surface area contributed by atoms with Crippen molar-refractivity contribution in [2.24, 2.45) is 0 Å². The van der Waals surface area contributed by atoms with Crippen LogP contribution in [0, 0.1) is 0 Å². The zero-order valence-corrected chi connectivity index (χ0v) is 16.3. The summed E-state index contributed by atoms with van der Waals surface area (Å²) in [5.74, 6) is 0.306. The Kier molecular flexibility index (Phi) is 4.88. The number of hydrogen-bond donors (Lipinski definition) is 1. The van der Waals surface area contributed by atoms with Crippen molar-refractivity contribution in [3.63, 3.8) is 0 Å². The van der Waals surface area contributed by atoms with Gasteiger partial charge in [-0.05, 0) is 40.9 Å². The standard InChI is InChI=1S/C16H16BrN5O3S/c1-24-12-5-4-10(17)14-13(12)18-16(26-14)19-15(23)11-8-22(21-20-11)7-9-3-2-6-25-9/h4-5,8-9H,2-3,6-7H2,1H3,(H,18,19,23). The minimum absolute atomic E-state index is 0.140. The third-order valence-corrected chi connectivity index (χ3v) is 6.01. The van der Waals surface area contributed by atoms with Gasteiger partial charge < -0.3 is 9.47 Å². The van der Waals surface area contributed by atoms with Crippen LogP contribution in [0.1, 0.15) is 23.3 Å². The summed E-state index contributed by atoms with van der Waals surface area (Å²) in [5, 5.41) is 11.2. The molecule has 8 nitrogen and oxygen atoms in total. The zero-order valence-electron chi connectivity index (χ0n) is 13.9. The van der Waals surface area contributed by atoms with E-state index < -0.39 is 0 Å². The van der Waals surface area contributed by atoms with Crippen LogP contribution in [0.5, 0.6) is 5.75 Å². The Bertz CT molecular complexity index is 951. The van der Waals surface area contributed by atoms with Gasteiger partial charge in [0.1, 0.15) is 11.3 Å². The quantitative estimate of drug-likeness (QED) is 0.659. The number of methoxy groups -OCH3 is 1. The molecule has 10 heteroatoms. The largest absolute Gasteiger partial charge is 0.494 e. The van der Waals surface area contributed by atoms with Crippen molar-refractivity contribution in [2.75, 3.05) is 19.0 Å². The van der Waals surface area contributed by atoms with Crippen LogP contribution in [0.4, 0.5) is 5.13 Å². The molecule has 1 aromatic carbocycles. The van der Waals surface area contributed by atoms with Gasteiger partial charge in [-0.1, -0.05) is 16.6 Å². The van der Waals surface area contributed by atoms with Crippen molar-refractivity contribution in [1.29, 1.82) is 0 Å². The minimum Gasteiger partial charge on any atom is -0.494 e. The van der Waals surface area contributed by atoms with Crippen LogP contribution >= 0.6 is 27.3 Å². The monoisotopic (exact) mass is 437 g/mol. The van der Waals surface area contributed by atoms with Crippen LogP contribution < -0.4 is 10.1 Å². The van der Waals surface area contributed by atoms with Crippen molar-refractivity contribution in [1.82, 2.24) is 20.0 Å². The molecule has 1 aliphatic rings. The maximum absolute atomic E-state index is 12.4. The van der Waals surface area contributed by atoms with Crippen LogP contribution in [0.15, 0.2) is 22.8 Å². The van der Waals surface area contributed by atoms with Crippen molar-refractivity contribution in [2.45, 2.75) is 25.5 Å². The van der Waals surface area contributed by atoms with E-state index in [2.05, 4.69) is 36.5 Å². The Balaban J connectivity index is 1.50. The fourth-order valence-corrected chi connectivity index (χ4v) is 4.27. The Hall–Kier alpha value is -2.04. The molecule has 1 atom stereocenters. The number of carbonyl (C=O) groups is 1. The van der Waals surface area contributed by atoms with Crippen LogP contribution in [0.3, 0.4) is 0 Å². The summed E-state index contributed by atoms with van der Waals surface area (Å²) in [6.45, 7) is 1.38. The van der Waals surface area contributed by atoms with Gasteiger partial charge in [-0.25, -0.2) is 9.67 Å². The topological polar surface area (TPSA) is 91.2 Å². The SMILES string of the molecule is COc1ccc(Br)c2sc(NC(=O)c3cn(CC4CCCO4)nn3)nc12. The molecule has 3 heterocycles. The fraction of sp³-hybridized carbons (Fsp3) is 0.375. The Labute approximate surface area is 161 Å². The molecule has 3 aromatic rings. The number of halogens is 1. The second-order valence-electron chi connectivity index (χ2n) is 5.86. The van der Waals surface area contributed by atoms with Gasteiger partial charge in [-0.2, -0.15) is 0 Å². The highest BCUT2D eigenvalue weighted by Crippen LogP contribution is 2.37. The maximum Gasteiger partial charge on any atom is 0.279 e. The number of anilines is 1. The number of rotatable bonds is 5. The number of nitrogens with one attached hydrogen (secondary N) is 1. The maximum atomic E-state index is 12.4. The lowest BCUT2D eigenvalue weighted by Gasteiger charge is -2.07. The first kappa shape index (κ1) is 17.4. The van der Waals surface area contributed by atoms with Crippen molar-refractivity contribution >= 4 is 48.5 Å². The average Bonchev–Trinajstić information content (AvgIpc) is 3.36. The highest BCUT2D eigenvalue weighted by atomic mass is 79.9. The van der Waals surface area contributed by atoms with Crippen molar-refractivity contribution in [3.05, 3.63) is 28.5 Å². The number of ether oxygens (including phenoxy) is 2. The number of nitrogens with zero attached hydrogens (tertiary/aromatic N) is 4. The van der Waals surface area contributed by atoms with Crippen LogP contribution in [-0.4, -0.2) is 45.7 Å². The molecule has 0 bridgehead atoms. The lowest BCUT2D eigenvalue weighted by Crippen LogP contribution is -2.15. The van der Waals surface area contributed by atoms with Crippen LogP contribution in [0.2, 0.25) is 0 Å². The van der Waals surface area contributed by atoms with Gasteiger partial charge in [0.15, 0.2) is 10.8 Å². The fourth-order valence-electron chi connectivity index (χ4n) is 2.82. The number of carbonyl (C=O) groups excluding carboxylic acids is 1. The van der Waals surface area contributed by atoms with Gasteiger partial charge in [0.05, 0.1) is 30.7 Å². The minimum atomic E-state index is -0.349. The molecule has 136 valence electrons. The molecule has 4 rings (SSSR count). The Morgan fingerprint density at radius 1 is 1.54 bits per heavy atom. The average molecular weight is 438 g/mol. The number of aromatic nitrogens is 4.